The van der Waals surface area contributed by atoms with Crippen molar-refractivity contribution in [2.24, 2.45) is 0 Å². The van der Waals surface area contributed by atoms with Gasteiger partial charge in [0.15, 0.2) is 5.69 Å². The Labute approximate surface area is 97.8 Å². The molecule has 1 saturated carbocycles. The van der Waals surface area contributed by atoms with Gasteiger partial charge in [0.05, 0.1) is 17.7 Å². The van der Waals surface area contributed by atoms with Crippen molar-refractivity contribution in [3.05, 3.63) is 42.2 Å². The number of pyridine rings is 1. The van der Waals surface area contributed by atoms with Gasteiger partial charge in [-0.2, -0.15) is 0 Å². The number of hydrogen-bond donors (Lipinski definition) is 1. The van der Waals surface area contributed by atoms with Gasteiger partial charge in [-0.1, -0.05) is 0 Å². The lowest BCUT2D eigenvalue weighted by Gasteiger charge is -2.04. The first-order chi connectivity index (χ1) is 8.25. The first-order valence-corrected chi connectivity index (χ1v) is 5.48. The minimum atomic E-state index is -1.03. The monoisotopic (exact) mass is 229 g/mol. The van der Waals surface area contributed by atoms with Gasteiger partial charge in [-0.05, 0) is 25.0 Å². The third-order valence-corrected chi connectivity index (χ3v) is 2.87. The number of nitrogens with zero attached hydrogens (tertiary/aromatic N) is 3. The van der Waals surface area contributed by atoms with Crippen LogP contribution < -0.4 is 0 Å². The number of aromatic carboxylic acids is 1. The molecule has 0 bridgehead atoms. The zero-order valence-electron chi connectivity index (χ0n) is 9.08. The summed E-state index contributed by atoms with van der Waals surface area (Å²) in [5, 5.41) is 9.06. The van der Waals surface area contributed by atoms with Gasteiger partial charge in [0.25, 0.3) is 0 Å². The van der Waals surface area contributed by atoms with Crippen LogP contribution in [-0.4, -0.2) is 25.6 Å². The molecule has 0 aromatic carbocycles. The van der Waals surface area contributed by atoms with Crippen molar-refractivity contribution < 1.29 is 9.90 Å². The van der Waals surface area contributed by atoms with E-state index in [0.717, 1.165) is 5.69 Å². The first kappa shape index (κ1) is 10.0. The Morgan fingerprint density at radius 3 is 2.94 bits per heavy atom. The molecule has 1 aliphatic carbocycles. The van der Waals surface area contributed by atoms with Gasteiger partial charge in [-0.3, -0.25) is 0 Å². The maximum atomic E-state index is 11.1. The van der Waals surface area contributed by atoms with Crippen LogP contribution in [0.2, 0.25) is 0 Å². The number of rotatable bonds is 3. The van der Waals surface area contributed by atoms with Crippen molar-refractivity contribution in [3.63, 3.8) is 0 Å². The van der Waals surface area contributed by atoms with Crippen molar-refractivity contribution in [2.45, 2.75) is 18.8 Å². The Morgan fingerprint density at radius 1 is 1.41 bits per heavy atom. The molecule has 2 aromatic heterocycles. The Morgan fingerprint density at radius 2 is 2.24 bits per heavy atom. The van der Waals surface area contributed by atoms with Gasteiger partial charge in [0.1, 0.15) is 0 Å². The van der Waals surface area contributed by atoms with E-state index in [9.17, 15) is 4.79 Å². The van der Waals surface area contributed by atoms with Gasteiger partial charge in [-0.25, -0.2) is 14.8 Å². The Bertz CT molecular complexity index is 573. The molecule has 0 saturated heterocycles. The summed E-state index contributed by atoms with van der Waals surface area (Å²) in [6.07, 6.45) is 7.37. The van der Waals surface area contributed by atoms with Crippen molar-refractivity contribution in [3.8, 4) is 5.69 Å². The molecule has 17 heavy (non-hydrogen) atoms. The largest absolute Gasteiger partial charge is 0.476 e. The molecular formula is C12H11N3O2. The molecule has 86 valence electrons. The molecule has 0 amide bonds. The molecule has 2 aromatic rings. The number of carboxylic acids is 1. The standard InChI is InChI=1S/C12H11N3O2/c16-12(17)11-10(2-1-5-13-11)15-6-9(14-7-15)8-3-4-8/h1-2,5-8H,3-4H2,(H,16,17). The second kappa shape index (κ2) is 3.69. The van der Waals surface area contributed by atoms with E-state index >= 15 is 0 Å². The van der Waals surface area contributed by atoms with Crippen LogP contribution in [0.1, 0.15) is 34.9 Å². The van der Waals surface area contributed by atoms with Crippen molar-refractivity contribution in [1.82, 2.24) is 14.5 Å². The molecule has 5 nitrogen and oxygen atoms in total. The molecule has 5 heteroatoms. The Balaban J connectivity index is 2.04. The average molecular weight is 229 g/mol. The number of carboxylic acid groups (broad SMARTS) is 1. The van der Waals surface area contributed by atoms with Gasteiger partial charge < -0.3 is 9.67 Å². The first-order valence-electron chi connectivity index (χ1n) is 5.48. The number of imidazole rings is 1. The molecule has 0 spiro atoms. The second-order valence-corrected chi connectivity index (χ2v) is 4.16. The summed E-state index contributed by atoms with van der Waals surface area (Å²) in [5.74, 6) is -0.469. The Hall–Kier alpha value is -2.17. The summed E-state index contributed by atoms with van der Waals surface area (Å²) in [5.41, 5.74) is 1.64. The molecular weight excluding hydrogens is 218 g/mol. The summed E-state index contributed by atoms with van der Waals surface area (Å²) in [7, 11) is 0. The molecule has 0 unspecified atom stereocenters. The van der Waals surface area contributed by atoms with Gasteiger partial charge in [0.2, 0.25) is 0 Å². The van der Waals surface area contributed by atoms with Crippen molar-refractivity contribution in [2.75, 3.05) is 0 Å². The quantitative estimate of drug-likeness (QED) is 0.872. The van der Waals surface area contributed by atoms with E-state index in [2.05, 4.69) is 9.97 Å². The number of aromatic nitrogens is 3. The fraction of sp³-hybridized carbons (Fsp3) is 0.250. The maximum absolute atomic E-state index is 11.1. The highest BCUT2D eigenvalue weighted by atomic mass is 16.4. The Kier molecular flexibility index (Phi) is 2.18. The number of hydrogen-bond acceptors (Lipinski definition) is 3. The van der Waals surface area contributed by atoms with Crippen LogP contribution in [0.25, 0.3) is 5.69 Å². The van der Waals surface area contributed by atoms with Crippen LogP contribution >= 0.6 is 0 Å². The topological polar surface area (TPSA) is 68.0 Å². The van der Waals surface area contributed by atoms with Crippen molar-refractivity contribution in [1.29, 1.82) is 0 Å². The third kappa shape index (κ3) is 1.80. The fourth-order valence-electron chi connectivity index (χ4n) is 1.83. The van der Waals surface area contributed by atoms with E-state index in [1.165, 1.54) is 19.0 Å². The summed E-state index contributed by atoms with van der Waals surface area (Å²) >= 11 is 0. The van der Waals surface area contributed by atoms with Crippen LogP contribution in [0.4, 0.5) is 0 Å². The van der Waals surface area contributed by atoms with Gasteiger partial charge in [0, 0.05) is 18.3 Å². The van der Waals surface area contributed by atoms with Gasteiger partial charge >= 0.3 is 5.97 Å². The van der Waals surface area contributed by atoms with E-state index in [4.69, 9.17) is 5.11 Å². The van der Waals surface area contributed by atoms with E-state index in [1.807, 2.05) is 6.20 Å². The van der Waals surface area contributed by atoms with Crippen LogP contribution in [0.15, 0.2) is 30.9 Å². The zero-order chi connectivity index (χ0) is 11.8. The molecule has 0 atom stereocenters. The minimum Gasteiger partial charge on any atom is -0.476 e. The normalized spacial score (nSPS) is 14.8. The molecule has 0 aliphatic heterocycles. The second-order valence-electron chi connectivity index (χ2n) is 4.16. The zero-order valence-corrected chi connectivity index (χ0v) is 9.08. The fourth-order valence-corrected chi connectivity index (χ4v) is 1.83. The molecule has 2 heterocycles. The highest BCUT2D eigenvalue weighted by molar-refractivity contribution is 5.89. The predicted molar refractivity (Wildman–Crippen MR) is 60.3 cm³/mol. The molecule has 1 fully saturated rings. The molecule has 0 radical (unpaired) electrons. The summed E-state index contributed by atoms with van der Waals surface area (Å²) in [6.45, 7) is 0. The third-order valence-electron chi connectivity index (χ3n) is 2.87. The summed E-state index contributed by atoms with van der Waals surface area (Å²) in [4.78, 5) is 19.2. The van der Waals surface area contributed by atoms with Crippen LogP contribution in [0, 0.1) is 0 Å². The van der Waals surface area contributed by atoms with E-state index in [-0.39, 0.29) is 5.69 Å². The highest BCUT2D eigenvalue weighted by Gasteiger charge is 2.26. The summed E-state index contributed by atoms with van der Waals surface area (Å²) < 4.78 is 1.73. The molecule has 1 N–H and O–H groups in total. The lowest BCUT2D eigenvalue weighted by molar-refractivity contribution is 0.0690. The van der Waals surface area contributed by atoms with Crippen LogP contribution in [0.5, 0.6) is 0 Å². The van der Waals surface area contributed by atoms with Crippen LogP contribution in [0.3, 0.4) is 0 Å². The van der Waals surface area contributed by atoms with E-state index < -0.39 is 5.97 Å². The predicted octanol–water partition coefficient (Wildman–Crippen LogP) is 1.84. The van der Waals surface area contributed by atoms with E-state index in [1.54, 1.807) is 23.0 Å². The SMILES string of the molecule is O=C(O)c1ncccc1-n1cnc(C2CC2)c1. The lowest BCUT2D eigenvalue weighted by atomic mass is 10.3. The smallest absolute Gasteiger partial charge is 0.356 e. The molecule has 3 rings (SSSR count). The lowest BCUT2D eigenvalue weighted by Crippen LogP contribution is -2.06. The minimum absolute atomic E-state index is 0.0484. The number of carbonyl (C=O) groups is 1. The maximum Gasteiger partial charge on any atom is 0.356 e. The summed E-state index contributed by atoms with van der Waals surface area (Å²) in [6, 6.07) is 3.45. The highest BCUT2D eigenvalue weighted by Crippen LogP contribution is 2.39. The molecule has 1 aliphatic rings. The van der Waals surface area contributed by atoms with Crippen molar-refractivity contribution >= 4 is 5.97 Å². The van der Waals surface area contributed by atoms with Crippen LogP contribution in [-0.2, 0) is 0 Å². The average Bonchev–Trinajstić information content (AvgIpc) is 3.07. The van der Waals surface area contributed by atoms with Gasteiger partial charge in [-0.15, -0.1) is 0 Å². The van der Waals surface area contributed by atoms with E-state index in [0.29, 0.717) is 11.6 Å².